The predicted molar refractivity (Wildman–Crippen MR) is 87.5 cm³/mol. The highest BCUT2D eigenvalue weighted by atomic mass is 35.5. The van der Waals surface area contributed by atoms with Gasteiger partial charge < -0.3 is 9.67 Å². The molecule has 0 fully saturated rings. The van der Waals surface area contributed by atoms with Crippen molar-refractivity contribution in [1.82, 2.24) is 14.5 Å². The van der Waals surface area contributed by atoms with Gasteiger partial charge in [0, 0.05) is 18.1 Å². The zero-order chi connectivity index (χ0) is 15.8. The van der Waals surface area contributed by atoms with Crippen molar-refractivity contribution in [2.45, 2.75) is 33.4 Å². The maximum Gasteiger partial charge on any atom is 0.123 e. The van der Waals surface area contributed by atoms with Crippen molar-refractivity contribution in [3.63, 3.8) is 0 Å². The Bertz CT molecular complexity index is 630. The molecule has 1 atom stereocenters. The standard InChI is InChI=1S/C16H24ClN3O/c1-16(2,3)14(10-21)19(4)9-15-18-12-8-11(17)6-7-13(12)20(15)5/h6-8,14,21H,9-10H2,1-5H3. The van der Waals surface area contributed by atoms with Crippen LogP contribution < -0.4 is 0 Å². The van der Waals surface area contributed by atoms with Crippen LogP contribution in [0.25, 0.3) is 11.0 Å². The van der Waals surface area contributed by atoms with Crippen LogP contribution in [-0.2, 0) is 13.6 Å². The summed E-state index contributed by atoms with van der Waals surface area (Å²) in [5, 5.41) is 10.4. The molecule has 1 N–H and O–H groups in total. The van der Waals surface area contributed by atoms with E-state index in [4.69, 9.17) is 11.6 Å². The third-order valence-corrected chi connectivity index (χ3v) is 4.27. The summed E-state index contributed by atoms with van der Waals surface area (Å²) < 4.78 is 2.08. The number of halogens is 1. The number of fused-ring (bicyclic) bond motifs is 1. The molecule has 0 radical (unpaired) electrons. The number of aliphatic hydroxyl groups excluding tert-OH is 1. The Morgan fingerprint density at radius 1 is 1.38 bits per heavy atom. The maximum atomic E-state index is 9.67. The van der Waals surface area contributed by atoms with Gasteiger partial charge in [-0.25, -0.2) is 4.98 Å². The summed E-state index contributed by atoms with van der Waals surface area (Å²) in [6.45, 7) is 7.23. The number of aliphatic hydroxyl groups is 1. The van der Waals surface area contributed by atoms with E-state index in [1.165, 1.54) is 0 Å². The van der Waals surface area contributed by atoms with Gasteiger partial charge in [-0.15, -0.1) is 0 Å². The molecule has 0 aliphatic heterocycles. The molecule has 116 valence electrons. The van der Waals surface area contributed by atoms with Gasteiger partial charge in [-0.1, -0.05) is 32.4 Å². The summed E-state index contributed by atoms with van der Waals surface area (Å²) in [4.78, 5) is 6.82. The molecule has 0 saturated carbocycles. The van der Waals surface area contributed by atoms with Crippen LogP contribution >= 0.6 is 11.6 Å². The molecule has 2 aromatic rings. The number of rotatable bonds is 4. The van der Waals surface area contributed by atoms with Crippen molar-refractivity contribution in [1.29, 1.82) is 0 Å². The fourth-order valence-electron chi connectivity index (χ4n) is 2.77. The Morgan fingerprint density at radius 2 is 2.05 bits per heavy atom. The minimum Gasteiger partial charge on any atom is -0.395 e. The molecular weight excluding hydrogens is 286 g/mol. The maximum absolute atomic E-state index is 9.67. The van der Waals surface area contributed by atoms with Crippen molar-refractivity contribution in [2.24, 2.45) is 12.5 Å². The summed E-state index contributed by atoms with van der Waals surface area (Å²) in [6, 6.07) is 5.83. The summed E-state index contributed by atoms with van der Waals surface area (Å²) >= 11 is 6.03. The zero-order valence-electron chi connectivity index (χ0n) is 13.4. The fraction of sp³-hybridized carbons (Fsp3) is 0.562. The van der Waals surface area contributed by atoms with E-state index in [9.17, 15) is 5.11 Å². The number of imidazole rings is 1. The molecule has 0 aliphatic carbocycles. The molecule has 0 spiro atoms. The van der Waals surface area contributed by atoms with E-state index in [1.54, 1.807) is 0 Å². The van der Waals surface area contributed by atoms with Crippen LogP contribution in [0.4, 0.5) is 0 Å². The number of hydrogen-bond donors (Lipinski definition) is 1. The minimum atomic E-state index is 0.0113. The Labute approximate surface area is 131 Å². The smallest absolute Gasteiger partial charge is 0.123 e. The molecule has 1 aromatic heterocycles. The van der Waals surface area contributed by atoms with E-state index >= 15 is 0 Å². The molecule has 21 heavy (non-hydrogen) atoms. The topological polar surface area (TPSA) is 41.3 Å². The average molecular weight is 310 g/mol. The summed E-state index contributed by atoms with van der Waals surface area (Å²) in [6.07, 6.45) is 0. The molecule has 5 heteroatoms. The second-order valence-corrected chi connectivity index (χ2v) is 7.14. The van der Waals surface area contributed by atoms with Crippen molar-refractivity contribution in [2.75, 3.05) is 13.7 Å². The van der Waals surface area contributed by atoms with Crippen molar-refractivity contribution < 1.29 is 5.11 Å². The Hall–Kier alpha value is -1.10. The van der Waals surface area contributed by atoms with Gasteiger partial charge in [0.05, 0.1) is 24.2 Å². The van der Waals surface area contributed by atoms with Crippen molar-refractivity contribution in [3.8, 4) is 0 Å². The summed E-state index contributed by atoms with van der Waals surface area (Å²) in [7, 11) is 4.04. The lowest BCUT2D eigenvalue weighted by molar-refractivity contribution is 0.0594. The zero-order valence-corrected chi connectivity index (χ0v) is 14.1. The van der Waals surface area contributed by atoms with Crippen LogP contribution in [0.3, 0.4) is 0 Å². The van der Waals surface area contributed by atoms with Gasteiger partial charge in [0.1, 0.15) is 5.82 Å². The lowest BCUT2D eigenvalue weighted by Gasteiger charge is -2.36. The highest BCUT2D eigenvalue weighted by Crippen LogP contribution is 2.25. The predicted octanol–water partition coefficient (Wildman–Crippen LogP) is 3.07. The van der Waals surface area contributed by atoms with Gasteiger partial charge in [-0.2, -0.15) is 0 Å². The van der Waals surface area contributed by atoms with Gasteiger partial charge in [0.25, 0.3) is 0 Å². The SMILES string of the molecule is CN(Cc1nc2cc(Cl)ccc2n1C)C(CO)C(C)(C)C. The normalized spacial score (nSPS) is 14.1. The van der Waals surface area contributed by atoms with Crippen LogP contribution in [0.2, 0.25) is 5.02 Å². The van der Waals surface area contributed by atoms with Crippen LogP contribution in [0.15, 0.2) is 18.2 Å². The molecule has 2 rings (SSSR count). The highest BCUT2D eigenvalue weighted by molar-refractivity contribution is 6.31. The van der Waals surface area contributed by atoms with E-state index in [-0.39, 0.29) is 18.1 Å². The molecule has 0 bridgehead atoms. The largest absolute Gasteiger partial charge is 0.395 e. The van der Waals surface area contributed by atoms with E-state index in [0.717, 1.165) is 16.9 Å². The first-order valence-corrected chi connectivity index (χ1v) is 7.53. The number of hydrogen-bond acceptors (Lipinski definition) is 3. The Kier molecular flexibility index (Phi) is 4.61. The quantitative estimate of drug-likeness (QED) is 0.943. The first kappa shape index (κ1) is 16.3. The minimum absolute atomic E-state index is 0.0113. The second kappa shape index (κ2) is 5.95. The third-order valence-electron chi connectivity index (χ3n) is 4.03. The van der Waals surface area contributed by atoms with Crippen molar-refractivity contribution in [3.05, 3.63) is 29.0 Å². The lowest BCUT2D eigenvalue weighted by atomic mass is 9.86. The van der Waals surface area contributed by atoms with Gasteiger partial charge in [-0.3, -0.25) is 4.90 Å². The first-order chi connectivity index (χ1) is 9.74. The number of benzene rings is 1. The highest BCUT2D eigenvalue weighted by Gasteiger charge is 2.28. The third kappa shape index (κ3) is 3.39. The number of likely N-dealkylation sites (N-methyl/N-ethyl adjacent to an activating group) is 1. The molecule has 1 unspecified atom stereocenters. The van der Waals surface area contributed by atoms with E-state index in [1.807, 2.05) is 32.3 Å². The van der Waals surface area contributed by atoms with Crippen LogP contribution in [0.5, 0.6) is 0 Å². The second-order valence-electron chi connectivity index (χ2n) is 6.70. The number of aryl methyl sites for hydroxylation is 1. The van der Waals surface area contributed by atoms with Gasteiger partial charge in [0.15, 0.2) is 0 Å². The van der Waals surface area contributed by atoms with E-state index in [0.29, 0.717) is 11.6 Å². The average Bonchev–Trinajstić information content (AvgIpc) is 2.64. The molecule has 0 aliphatic rings. The molecule has 0 amide bonds. The summed E-state index contributed by atoms with van der Waals surface area (Å²) in [5.74, 6) is 0.970. The van der Waals surface area contributed by atoms with Gasteiger partial charge in [-0.05, 0) is 30.7 Å². The number of aromatic nitrogens is 2. The first-order valence-electron chi connectivity index (χ1n) is 7.16. The fourth-order valence-corrected chi connectivity index (χ4v) is 2.94. The molecule has 1 heterocycles. The lowest BCUT2D eigenvalue weighted by Crippen LogP contribution is -2.44. The Morgan fingerprint density at radius 3 is 2.62 bits per heavy atom. The Balaban J connectivity index is 2.29. The van der Waals surface area contributed by atoms with E-state index < -0.39 is 0 Å². The molecule has 1 aromatic carbocycles. The van der Waals surface area contributed by atoms with Crippen LogP contribution in [-0.4, -0.2) is 39.3 Å². The molecule has 0 saturated heterocycles. The van der Waals surface area contributed by atoms with Crippen LogP contribution in [0, 0.1) is 5.41 Å². The van der Waals surface area contributed by atoms with Gasteiger partial charge >= 0.3 is 0 Å². The van der Waals surface area contributed by atoms with E-state index in [2.05, 4.69) is 35.2 Å². The number of nitrogens with zero attached hydrogens (tertiary/aromatic N) is 3. The molecular formula is C16H24ClN3O. The summed E-state index contributed by atoms with van der Waals surface area (Å²) in [5.41, 5.74) is 1.99. The molecule has 4 nitrogen and oxygen atoms in total. The van der Waals surface area contributed by atoms with Gasteiger partial charge in [0.2, 0.25) is 0 Å². The monoisotopic (exact) mass is 309 g/mol. The van der Waals surface area contributed by atoms with Crippen molar-refractivity contribution >= 4 is 22.6 Å². The van der Waals surface area contributed by atoms with Crippen LogP contribution in [0.1, 0.15) is 26.6 Å².